The van der Waals surface area contributed by atoms with Gasteiger partial charge in [0.1, 0.15) is 11.5 Å². The van der Waals surface area contributed by atoms with Gasteiger partial charge in [0, 0.05) is 43.4 Å². The number of nitrogens with zero attached hydrogens (tertiary/aromatic N) is 1. The Balaban J connectivity index is 1.87. The second-order valence-corrected chi connectivity index (χ2v) is 6.54. The van der Waals surface area contributed by atoms with Crippen LogP contribution in [0.3, 0.4) is 0 Å². The summed E-state index contributed by atoms with van der Waals surface area (Å²) in [5, 5.41) is 3.96. The van der Waals surface area contributed by atoms with Gasteiger partial charge in [0.25, 0.3) is 0 Å². The van der Waals surface area contributed by atoms with Gasteiger partial charge < -0.3 is 24.1 Å². The molecule has 0 saturated carbocycles. The standard InChI is InChI=1S/C22H26N2O4/c1-26-9-8-23-22(25)12-17-15-24(21-7-5-4-6-20(17)21)14-16-10-18(27-2)13-19(11-16)28-3/h4-7,10-11,13,15H,8-9,12,14H2,1-3H3,(H,23,25). The average Bonchev–Trinajstić information content (AvgIpc) is 3.05. The first kappa shape index (κ1) is 19.8. The highest BCUT2D eigenvalue weighted by molar-refractivity contribution is 5.89. The van der Waals surface area contributed by atoms with Crippen LogP contribution in [0, 0.1) is 0 Å². The first-order valence-corrected chi connectivity index (χ1v) is 9.19. The molecule has 2 aromatic carbocycles. The van der Waals surface area contributed by atoms with E-state index in [1.807, 2.05) is 36.5 Å². The predicted molar refractivity (Wildman–Crippen MR) is 109 cm³/mol. The van der Waals surface area contributed by atoms with Crippen LogP contribution in [0.1, 0.15) is 11.1 Å². The molecule has 6 heteroatoms. The second-order valence-electron chi connectivity index (χ2n) is 6.54. The SMILES string of the molecule is COCCNC(=O)Cc1cn(Cc2cc(OC)cc(OC)c2)c2ccccc12. The average molecular weight is 382 g/mol. The van der Waals surface area contributed by atoms with Gasteiger partial charge in [-0.25, -0.2) is 0 Å². The van der Waals surface area contributed by atoms with E-state index in [-0.39, 0.29) is 5.91 Å². The molecule has 28 heavy (non-hydrogen) atoms. The van der Waals surface area contributed by atoms with Gasteiger partial charge in [-0.15, -0.1) is 0 Å². The van der Waals surface area contributed by atoms with Crippen LogP contribution in [-0.4, -0.2) is 45.0 Å². The monoisotopic (exact) mass is 382 g/mol. The molecule has 1 amide bonds. The van der Waals surface area contributed by atoms with Gasteiger partial charge in [-0.1, -0.05) is 18.2 Å². The molecule has 6 nitrogen and oxygen atoms in total. The van der Waals surface area contributed by atoms with Crippen molar-refractivity contribution >= 4 is 16.8 Å². The Morgan fingerprint density at radius 3 is 2.43 bits per heavy atom. The number of amides is 1. The van der Waals surface area contributed by atoms with Crippen LogP contribution in [-0.2, 0) is 22.5 Å². The first-order chi connectivity index (χ1) is 13.6. The normalized spacial score (nSPS) is 10.8. The number of ether oxygens (including phenoxy) is 3. The summed E-state index contributed by atoms with van der Waals surface area (Å²) in [4.78, 5) is 12.3. The van der Waals surface area contributed by atoms with E-state index >= 15 is 0 Å². The van der Waals surface area contributed by atoms with Gasteiger partial charge >= 0.3 is 0 Å². The topological polar surface area (TPSA) is 61.7 Å². The van der Waals surface area contributed by atoms with Crippen LogP contribution in [0.5, 0.6) is 11.5 Å². The zero-order valence-electron chi connectivity index (χ0n) is 16.5. The Morgan fingerprint density at radius 1 is 1.04 bits per heavy atom. The Bertz CT molecular complexity index is 927. The van der Waals surface area contributed by atoms with Crippen molar-refractivity contribution in [1.82, 2.24) is 9.88 Å². The van der Waals surface area contributed by atoms with Crippen LogP contribution in [0.2, 0.25) is 0 Å². The van der Waals surface area contributed by atoms with Gasteiger partial charge in [-0.3, -0.25) is 4.79 Å². The van der Waals surface area contributed by atoms with Crippen molar-refractivity contribution in [2.75, 3.05) is 34.5 Å². The lowest BCUT2D eigenvalue weighted by molar-refractivity contribution is -0.120. The largest absolute Gasteiger partial charge is 0.497 e. The van der Waals surface area contributed by atoms with Crippen molar-refractivity contribution < 1.29 is 19.0 Å². The Hall–Kier alpha value is -2.99. The van der Waals surface area contributed by atoms with Crippen molar-refractivity contribution in [2.24, 2.45) is 0 Å². The highest BCUT2D eigenvalue weighted by atomic mass is 16.5. The number of carbonyl (C=O) groups excluding carboxylic acids is 1. The van der Waals surface area contributed by atoms with Crippen LogP contribution in [0.25, 0.3) is 10.9 Å². The molecular formula is C22H26N2O4. The molecule has 0 aliphatic carbocycles. The summed E-state index contributed by atoms with van der Waals surface area (Å²) in [5.41, 5.74) is 3.15. The smallest absolute Gasteiger partial charge is 0.224 e. The Morgan fingerprint density at radius 2 is 1.75 bits per heavy atom. The summed E-state index contributed by atoms with van der Waals surface area (Å²) in [5.74, 6) is 1.50. The fourth-order valence-corrected chi connectivity index (χ4v) is 3.28. The van der Waals surface area contributed by atoms with Gasteiger partial charge in [0.15, 0.2) is 0 Å². The van der Waals surface area contributed by atoms with Gasteiger partial charge in [-0.05, 0) is 29.3 Å². The molecule has 1 N–H and O–H groups in total. The maximum absolute atomic E-state index is 12.3. The third-order valence-electron chi connectivity index (χ3n) is 4.61. The van der Waals surface area contributed by atoms with Crippen LogP contribution in [0.4, 0.5) is 0 Å². The van der Waals surface area contributed by atoms with Crippen LogP contribution in [0.15, 0.2) is 48.7 Å². The Labute approximate surface area is 165 Å². The molecule has 1 aromatic heterocycles. The molecule has 1 heterocycles. The molecule has 0 radical (unpaired) electrons. The van der Waals surface area contributed by atoms with E-state index in [1.54, 1.807) is 21.3 Å². The first-order valence-electron chi connectivity index (χ1n) is 9.19. The number of carbonyl (C=O) groups is 1. The summed E-state index contributed by atoms with van der Waals surface area (Å²) in [6, 6.07) is 14.0. The molecule has 0 aliphatic rings. The number of aromatic nitrogens is 1. The van der Waals surface area contributed by atoms with E-state index in [2.05, 4.69) is 22.0 Å². The summed E-state index contributed by atoms with van der Waals surface area (Å²) in [7, 11) is 4.90. The fraction of sp³-hybridized carbons (Fsp3) is 0.318. The maximum Gasteiger partial charge on any atom is 0.224 e. The molecule has 0 bridgehead atoms. The van der Waals surface area contributed by atoms with Crippen molar-refractivity contribution in [3.8, 4) is 11.5 Å². The van der Waals surface area contributed by atoms with E-state index < -0.39 is 0 Å². The number of hydrogen-bond acceptors (Lipinski definition) is 4. The minimum Gasteiger partial charge on any atom is -0.497 e. The highest BCUT2D eigenvalue weighted by Gasteiger charge is 2.12. The summed E-state index contributed by atoms with van der Waals surface area (Å²) in [6.07, 6.45) is 2.38. The molecule has 3 aromatic rings. The summed E-state index contributed by atoms with van der Waals surface area (Å²) in [6.45, 7) is 1.67. The molecular weight excluding hydrogens is 356 g/mol. The quantitative estimate of drug-likeness (QED) is 0.578. The Kier molecular flexibility index (Phi) is 6.55. The van der Waals surface area contributed by atoms with E-state index in [4.69, 9.17) is 14.2 Å². The van der Waals surface area contributed by atoms with Crippen LogP contribution >= 0.6 is 0 Å². The van der Waals surface area contributed by atoms with E-state index in [0.717, 1.165) is 33.5 Å². The van der Waals surface area contributed by atoms with E-state index in [1.165, 1.54) is 0 Å². The van der Waals surface area contributed by atoms with Crippen molar-refractivity contribution in [1.29, 1.82) is 0 Å². The van der Waals surface area contributed by atoms with Crippen molar-refractivity contribution in [3.05, 3.63) is 59.8 Å². The minimum atomic E-state index is -0.0111. The van der Waals surface area contributed by atoms with Gasteiger partial charge in [-0.2, -0.15) is 0 Å². The zero-order valence-corrected chi connectivity index (χ0v) is 16.5. The predicted octanol–water partition coefficient (Wildman–Crippen LogP) is 3.01. The molecule has 0 atom stereocenters. The van der Waals surface area contributed by atoms with Crippen molar-refractivity contribution in [3.63, 3.8) is 0 Å². The lowest BCUT2D eigenvalue weighted by atomic mass is 10.1. The zero-order chi connectivity index (χ0) is 19.9. The highest BCUT2D eigenvalue weighted by Crippen LogP contribution is 2.26. The number of para-hydroxylation sites is 1. The number of fused-ring (bicyclic) bond motifs is 1. The third-order valence-corrected chi connectivity index (χ3v) is 4.61. The number of methoxy groups -OCH3 is 3. The second kappa shape index (κ2) is 9.28. The molecule has 0 aliphatic heterocycles. The number of hydrogen-bond donors (Lipinski definition) is 1. The van der Waals surface area contributed by atoms with Crippen molar-refractivity contribution in [2.45, 2.75) is 13.0 Å². The molecule has 0 unspecified atom stereocenters. The molecule has 3 rings (SSSR count). The van der Waals surface area contributed by atoms with Crippen LogP contribution < -0.4 is 14.8 Å². The van der Waals surface area contributed by atoms with Gasteiger partial charge in [0.05, 0.1) is 27.2 Å². The molecule has 0 saturated heterocycles. The number of benzene rings is 2. The fourth-order valence-electron chi connectivity index (χ4n) is 3.28. The lowest BCUT2D eigenvalue weighted by Crippen LogP contribution is -2.28. The lowest BCUT2D eigenvalue weighted by Gasteiger charge is -2.10. The van der Waals surface area contributed by atoms with E-state index in [0.29, 0.717) is 26.1 Å². The van der Waals surface area contributed by atoms with Gasteiger partial charge in [0.2, 0.25) is 5.91 Å². The summed E-state index contributed by atoms with van der Waals surface area (Å²) < 4.78 is 17.9. The number of nitrogens with one attached hydrogen (secondary N) is 1. The van der Waals surface area contributed by atoms with E-state index in [9.17, 15) is 4.79 Å². The third kappa shape index (κ3) is 4.64. The summed E-state index contributed by atoms with van der Waals surface area (Å²) >= 11 is 0. The minimum absolute atomic E-state index is 0.0111. The molecule has 148 valence electrons. The molecule has 0 spiro atoms. The molecule has 0 fully saturated rings. The number of rotatable bonds is 9. The maximum atomic E-state index is 12.3.